The number of hydrogen-bond donors (Lipinski definition) is 1. The molecule has 1 heterocycles. The maximum Gasteiger partial charge on any atom is 0.306 e. The van der Waals surface area contributed by atoms with Crippen LogP contribution in [0.15, 0.2) is 24.3 Å². The monoisotopic (exact) mass is 276 g/mol. The molecule has 1 aromatic heterocycles. The van der Waals surface area contributed by atoms with Crippen LogP contribution in [0, 0.1) is 25.6 Å². The van der Waals surface area contributed by atoms with Crippen molar-refractivity contribution in [2.24, 2.45) is 5.92 Å². The zero-order chi connectivity index (χ0) is 14.9. The molecule has 0 aliphatic heterocycles. The Labute approximate surface area is 116 Å². The third-order valence-electron chi connectivity index (χ3n) is 3.44. The maximum atomic E-state index is 13.0. The Hall–Kier alpha value is -2.17. The molecule has 1 N–H and O–H groups in total. The number of aromatic nitrogens is 2. The van der Waals surface area contributed by atoms with E-state index in [1.807, 2.05) is 13.8 Å². The molecule has 0 aliphatic rings. The Morgan fingerprint density at radius 3 is 2.50 bits per heavy atom. The highest BCUT2D eigenvalue weighted by atomic mass is 19.1. The molecule has 0 amide bonds. The predicted molar refractivity (Wildman–Crippen MR) is 73.5 cm³/mol. The van der Waals surface area contributed by atoms with E-state index in [1.165, 1.54) is 12.1 Å². The molecule has 0 aliphatic carbocycles. The number of hydrogen-bond acceptors (Lipinski definition) is 2. The average molecular weight is 276 g/mol. The number of aryl methyl sites for hydroxylation is 1. The largest absolute Gasteiger partial charge is 0.481 e. The van der Waals surface area contributed by atoms with Gasteiger partial charge in [-0.3, -0.25) is 4.79 Å². The Morgan fingerprint density at radius 1 is 1.35 bits per heavy atom. The van der Waals surface area contributed by atoms with E-state index in [9.17, 15) is 9.18 Å². The van der Waals surface area contributed by atoms with Crippen molar-refractivity contribution in [1.29, 1.82) is 0 Å². The molecule has 1 aromatic carbocycles. The third-order valence-corrected chi connectivity index (χ3v) is 3.44. The van der Waals surface area contributed by atoms with Crippen LogP contribution in [-0.2, 0) is 11.2 Å². The van der Waals surface area contributed by atoms with Crippen LogP contribution in [0.2, 0.25) is 0 Å². The second-order valence-electron chi connectivity index (χ2n) is 4.98. The number of rotatable bonds is 4. The van der Waals surface area contributed by atoms with Crippen molar-refractivity contribution in [3.8, 4) is 5.69 Å². The summed E-state index contributed by atoms with van der Waals surface area (Å²) >= 11 is 0. The Bertz CT molecular complexity index is 632. The summed E-state index contributed by atoms with van der Waals surface area (Å²) in [7, 11) is 0. The standard InChI is InChI=1S/C15H17FN2O2/c1-9(15(19)20)8-14-10(2)17-18(11(14)3)13-6-4-12(16)5-7-13/h4-7,9H,8H2,1-3H3,(H,19,20). The lowest BCUT2D eigenvalue weighted by Gasteiger charge is -2.08. The van der Waals surface area contributed by atoms with Gasteiger partial charge < -0.3 is 5.11 Å². The van der Waals surface area contributed by atoms with Crippen molar-refractivity contribution in [3.63, 3.8) is 0 Å². The van der Waals surface area contributed by atoms with Crippen molar-refractivity contribution in [2.75, 3.05) is 0 Å². The van der Waals surface area contributed by atoms with Gasteiger partial charge in [-0.15, -0.1) is 0 Å². The van der Waals surface area contributed by atoms with Crippen molar-refractivity contribution < 1.29 is 14.3 Å². The zero-order valence-electron chi connectivity index (χ0n) is 11.7. The Kier molecular flexibility index (Phi) is 3.88. The number of nitrogens with zero attached hydrogens (tertiary/aromatic N) is 2. The molecule has 2 aromatic rings. The smallest absolute Gasteiger partial charge is 0.306 e. The molecular formula is C15H17FN2O2. The first kappa shape index (κ1) is 14.2. The maximum absolute atomic E-state index is 13.0. The molecule has 20 heavy (non-hydrogen) atoms. The van der Waals surface area contributed by atoms with Crippen LogP contribution < -0.4 is 0 Å². The van der Waals surface area contributed by atoms with E-state index >= 15 is 0 Å². The summed E-state index contributed by atoms with van der Waals surface area (Å²) in [6.45, 7) is 5.43. The lowest BCUT2D eigenvalue weighted by atomic mass is 10.00. The van der Waals surface area contributed by atoms with Gasteiger partial charge in [0.1, 0.15) is 5.82 Å². The first-order chi connectivity index (χ1) is 9.40. The summed E-state index contributed by atoms with van der Waals surface area (Å²) in [5.41, 5.74) is 3.40. The van der Waals surface area contributed by atoms with Crippen LogP contribution in [0.25, 0.3) is 5.69 Å². The van der Waals surface area contributed by atoms with Crippen LogP contribution in [0.5, 0.6) is 0 Å². The molecule has 0 saturated heterocycles. The van der Waals surface area contributed by atoms with E-state index in [0.29, 0.717) is 6.42 Å². The Balaban J connectivity index is 2.38. The SMILES string of the molecule is Cc1nn(-c2ccc(F)cc2)c(C)c1CC(C)C(=O)O. The van der Waals surface area contributed by atoms with Gasteiger partial charge in [-0.05, 0) is 50.1 Å². The first-order valence-electron chi connectivity index (χ1n) is 6.44. The fourth-order valence-corrected chi connectivity index (χ4v) is 2.20. The van der Waals surface area contributed by atoms with Crippen molar-refractivity contribution >= 4 is 5.97 Å². The zero-order valence-corrected chi connectivity index (χ0v) is 11.7. The molecule has 1 atom stereocenters. The lowest BCUT2D eigenvalue weighted by Crippen LogP contribution is -2.13. The average Bonchev–Trinajstić information content (AvgIpc) is 2.67. The van der Waals surface area contributed by atoms with Gasteiger partial charge in [-0.2, -0.15) is 5.10 Å². The van der Waals surface area contributed by atoms with Gasteiger partial charge in [-0.25, -0.2) is 9.07 Å². The molecule has 0 bridgehead atoms. The second kappa shape index (κ2) is 5.45. The number of benzene rings is 1. The summed E-state index contributed by atoms with van der Waals surface area (Å²) < 4.78 is 14.7. The van der Waals surface area contributed by atoms with Gasteiger partial charge in [0.05, 0.1) is 17.3 Å². The van der Waals surface area contributed by atoms with E-state index in [4.69, 9.17) is 5.11 Å². The van der Waals surface area contributed by atoms with E-state index in [0.717, 1.165) is 22.6 Å². The fourth-order valence-electron chi connectivity index (χ4n) is 2.20. The van der Waals surface area contributed by atoms with Gasteiger partial charge in [0.2, 0.25) is 0 Å². The molecule has 2 rings (SSSR count). The number of carbonyl (C=O) groups is 1. The first-order valence-corrected chi connectivity index (χ1v) is 6.44. The summed E-state index contributed by atoms with van der Waals surface area (Å²) in [5, 5.41) is 13.4. The van der Waals surface area contributed by atoms with Crippen LogP contribution in [0.1, 0.15) is 23.9 Å². The number of halogens is 1. The fraction of sp³-hybridized carbons (Fsp3) is 0.333. The van der Waals surface area contributed by atoms with E-state index in [1.54, 1.807) is 23.7 Å². The minimum absolute atomic E-state index is 0.296. The van der Waals surface area contributed by atoms with Crippen LogP contribution in [0.4, 0.5) is 4.39 Å². The van der Waals surface area contributed by atoms with Crippen LogP contribution in [0.3, 0.4) is 0 Å². The Morgan fingerprint density at radius 2 is 1.95 bits per heavy atom. The van der Waals surface area contributed by atoms with Gasteiger partial charge in [0, 0.05) is 5.69 Å². The minimum atomic E-state index is -0.821. The normalized spacial score (nSPS) is 12.4. The number of carboxylic acids is 1. The molecule has 106 valence electrons. The minimum Gasteiger partial charge on any atom is -0.481 e. The molecular weight excluding hydrogens is 259 g/mol. The van der Waals surface area contributed by atoms with Crippen molar-refractivity contribution in [2.45, 2.75) is 27.2 Å². The van der Waals surface area contributed by atoms with Crippen LogP contribution in [-0.4, -0.2) is 20.9 Å². The topological polar surface area (TPSA) is 55.1 Å². The number of aliphatic carboxylic acids is 1. The molecule has 1 unspecified atom stereocenters. The highest BCUT2D eigenvalue weighted by Gasteiger charge is 2.18. The summed E-state index contributed by atoms with van der Waals surface area (Å²) in [4.78, 5) is 11.0. The highest BCUT2D eigenvalue weighted by molar-refractivity contribution is 5.70. The quantitative estimate of drug-likeness (QED) is 0.934. The van der Waals surface area contributed by atoms with E-state index in [-0.39, 0.29) is 5.82 Å². The van der Waals surface area contributed by atoms with Crippen molar-refractivity contribution in [3.05, 3.63) is 47.0 Å². The summed E-state index contributed by atoms with van der Waals surface area (Å²) in [6, 6.07) is 6.06. The highest BCUT2D eigenvalue weighted by Crippen LogP contribution is 2.21. The van der Waals surface area contributed by atoms with E-state index < -0.39 is 11.9 Å². The molecule has 0 spiro atoms. The van der Waals surface area contributed by atoms with Gasteiger partial charge in [0.15, 0.2) is 0 Å². The molecule has 0 fully saturated rings. The third kappa shape index (κ3) is 2.71. The summed E-state index contributed by atoms with van der Waals surface area (Å²) in [5.74, 6) is -1.58. The predicted octanol–water partition coefficient (Wildman–Crippen LogP) is 2.89. The number of carboxylic acid groups (broad SMARTS) is 1. The molecule has 4 nitrogen and oxygen atoms in total. The van der Waals surface area contributed by atoms with E-state index in [2.05, 4.69) is 5.10 Å². The van der Waals surface area contributed by atoms with Crippen LogP contribution >= 0.6 is 0 Å². The molecule has 0 radical (unpaired) electrons. The van der Waals surface area contributed by atoms with Gasteiger partial charge in [-0.1, -0.05) is 6.92 Å². The molecule has 5 heteroatoms. The van der Waals surface area contributed by atoms with Gasteiger partial charge >= 0.3 is 5.97 Å². The molecule has 0 saturated carbocycles. The second-order valence-corrected chi connectivity index (χ2v) is 4.98. The lowest BCUT2D eigenvalue weighted by molar-refractivity contribution is -0.141. The van der Waals surface area contributed by atoms with Gasteiger partial charge in [0.25, 0.3) is 0 Å². The van der Waals surface area contributed by atoms with Crippen molar-refractivity contribution in [1.82, 2.24) is 9.78 Å². The summed E-state index contributed by atoms with van der Waals surface area (Å²) in [6.07, 6.45) is 0.439.